The van der Waals surface area contributed by atoms with E-state index in [4.69, 9.17) is 9.47 Å². The first kappa shape index (κ1) is 23.1. The van der Waals surface area contributed by atoms with E-state index in [-0.39, 0.29) is 0 Å². The van der Waals surface area contributed by atoms with Gasteiger partial charge in [0.15, 0.2) is 0 Å². The Labute approximate surface area is 180 Å². The molecule has 1 aliphatic heterocycles. The van der Waals surface area contributed by atoms with Gasteiger partial charge in [0.05, 0.1) is 19.8 Å². The summed E-state index contributed by atoms with van der Waals surface area (Å²) in [7, 11) is 0. The number of hydrogen-bond donors (Lipinski definition) is 0. The normalized spacial score (nSPS) is 13.5. The maximum absolute atomic E-state index is 5.42. The molecule has 1 atom stereocenters. The summed E-state index contributed by atoms with van der Waals surface area (Å²) in [4.78, 5) is 0. The van der Waals surface area contributed by atoms with Gasteiger partial charge in [0.1, 0.15) is 6.10 Å². The van der Waals surface area contributed by atoms with Crippen molar-refractivity contribution in [2.24, 2.45) is 0 Å². The van der Waals surface area contributed by atoms with Gasteiger partial charge in [-0.25, -0.2) is 0 Å². The molecular weight excluding hydrogens is 368 g/mol. The van der Waals surface area contributed by atoms with Crippen LogP contribution in [0.2, 0.25) is 0 Å². The summed E-state index contributed by atoms with van der Waals surface area (Å²) in [6.07, 6.45) is 5.86. The van der Waals surface area contributed by atoms with Crippen LogP contribution in [0.4, 0.5) is 0 Å². The maximum Gasteiger partial charge on any atom is 0.104 e. The molecule has 0 spiro atoms. The lowest BCUT2D eigenvalue weighted by atomic mass is 10.1. The fraction of sp³-hybridized carbons (Fsp3) is 0.143. The Kier molecular flexibility index (Phi) is 10.7. The largest absolute Gasteiger partial charge is 0.374 e. The van der Waals surface area contributed by atoms with E-state index >= 15 is 0 Å². The number of rotatable bonds is 7. The van der Waals surface area contributed by atoms with Crippen LogP contribution in [0.15, 0.2) is 105 Å². The summed E-state index contributed by atoms with van der Waals surface area (Å²) in [6.45, 7) is 13.2. The average molecular weight is 399 g/mol. The molecule has 3 aromatic rings. The summed E-state index contributed by atoms with van der Waals surface area (Å²) in [5.41, 5.74) is 4.68. The van der Waals surface area contributed by atoms with Crippen molar-refractivity contribution in [3.63, 3.8) is 0 Å². The van der Waals surface area contributed by atoms with Crippen molar-refractivity contribution in [3.8, 4) is 0 Å². The van der Waals surface area contributed by atoms with Crippen LogP contribution in [0.5, 0.6) is 0 Å². The van der Waals surface area contributed by atoms with E-state index in [0.717, 1.165) is 24.3 Å². The minimum absolute atomic E-state index is 0.369. The van der Waals surface area contributed by atoms with E-state index < -0.39 is 0 Å². The zero-order valence-electron chi connectivity index (χ0n) is 17.5. The molecule has 30 heavy (non-hydrogen) atoms. The van der Waals surface area contributed by atoms with Crippen LogP contribution in [0.1, 0.15) is 22.3 Å². The Bertz CT molecular complexity index is 837. The molecule has 0 aliphatic carbocycles. The third-order valence-electron chi connectivity index (χ3n) is 4.26. The molecule has 0 saturated carbocycles. The summed E-state index contributed by atoms with van der Waals surface area (Å²) < 4.78 is 10.4. The van der Waals surface area contributed by atoms with Crippen LogP contribution in [0, 0.1) is 0 Å². The fourth-order valence-corrected chi connectivity index (χ4v) is 2.40. The molecule has 2 nitrogen and oxygen atoms in total. The molecule has 0 radical (unpaired) electrons. The van der Waals surface area contributed by atoms with Gasteiger partial charge in [-0.1, -0.05) is 123 Å². The highest BCUT2D eigenvalue weighted by molar-refractivity contribution is 5.53. The molecule has 1 saturated heterocycles. The van der Waals surface area contributed by atoms with Crippen molar-refractivity contribution in [3.05, 3.63) is 127 Å². The number of hydrogen-bond acceptors (Lipinski definition) is 2. The van der Waals surface area contributed by atoms with Crippen molar-refractivity contribution in [2.75, 3.05) is 13.2 Å². The Morgan fingerprint density at radius 3 is 1.53 bits per heavy atom. The highest BCUT2D eigenvalue weighted by atomic mass is 16.6. The molecule has 154 valence electrons. The lowest BCUT2D eigenvalue weighted by molar-refractivity contribution is 0.104. The molecular formula is C28H30O2. The lowest BCUT2D eigenvalue weighted by Crippen LogP contribution is -2.00. The smallest absolute Gasteiger partial charge is 0.104 e. The summed E-state index contributed by atoms with van der Waals surface area (Å²) in [5, 5.41) is 0. The number of benzene rings is 3. The average Bonchev–Trinajstić information content (AvgIpc) is 3.66. The predicted octanol–water partition coefficient (Wildman–Crippen LogP) is 6.90. The van der Waals surface area contributed by atoms with Crippen LogP contribution >= 0.6 is 0 Å². The van der Waals surface area contributed by atoms with Gasteiger partial charge >= 0.3 is 0 Å². The molecule has 1 unspecified atom stereocenters. The molecule has 0 bridgehead atoms. The first-order chi connectivity index (χ1) is 14.7. The highest BCUT2D eigenvalue weighted by Crippen LogP contribution is 2.10. The third kappa shape index (κ3) is 9.83. The second-order valence-corrected chi connectivity index (χ2v) is 6.65. The molecule has 1 aliphatic rings. The molecule has 0 amide bonds. The van der Waals surface area contributed by atoms with E-state index in [0.29, 0.717) is 12.7 Å². The van der Waals surface area contributed by atoms with Gasteiger partial charge in [0.2, 0.25) is 0 Å². The molecule has 3 aromatic carbocycles. The van der Waals surface area contributed by atoms with Gasteiger partial charge in [-0.2, -0.15) is 0 Å². The lowest BCUT2D eigenvalue weighted by Gasteiger charge is -2.00. The van der Waals surface area contributed by atoms with Crippen molar-refractivity contribution in [2.45, 2.75) is 12.7 Å². The molecule has 1 fully saturated rings. The zero-order valence-corrected chi connectivity index (χ0v) is 17.5. The Balaban J connectivity index is 0.000000164. The second-order valence-electron chi connectivity index (χ2n) is 6.65. The molecule has 4 rings (SSSR count). The van der Waals surface area contributed by atoms with Gasteiger partial charge in [0.25, 0.3) is 0 Å². The summed E-state index contributed by atoms with van der Waals surface area (Å²) in [5.74, 6) is 0. The van der Waals surface area contributed by atoms with E-state index in [9.17, 15) is 0 Å². The van der Waals surface area contributed by atoms with Crippen LogP contribution in [0.25, 0.3) is 18.2 Å². The summed E-state index contributed by atoms with van der Waals surface area (Å²) in [6, 6.07) is 28.3. The van der Waals surface area contributed by atoms with Gasteiger partial charge in [-0.15, -0.1) is 0 Å². The van der Waals surface area contributed by atoms with Gasteiger partial charge in [-0.3, -0.25) is 0 Å². The van der Waals surface area contributed by atoms with E-state index in [1.807, 2.05) is 91.0 Å². The van der Waals surface area contributed by atoms with E-state index in [1.165, 1.54) is 11.1 Å². The van der Waals surface area contributed by atoms with Crippen molar-refractivity contribution < 1.29 is 9.47 Å². The molecule has 1 heterocycles. The van der Waals surface area contributed by atoms with Crippen molar-refractivity contribution in [1.82, 2.24) is 0 Å². The Morgan fingerprint density at radius 1 is 0.700 bits per heavy atom. The second kappa shape index (κ2) is 13.9. The van der Waals surface area contributed by atoms with E-state index in [2.05, 4.69) is 31.9 Å². The molecule has 0 N–H and O–H groups in total. The third-order valence-corrected chi connectivity index (χ3v) is 4.26. The van der Waals surface area contributed by atoms with Crippen molar-refractivity contribution >= 4 is 18.2 Å². The first-order valence-electron chi connectivity index (χ1n) is 10.0. The monoisotopic (exact) mass is 398 g/mol. The first-order valence-corrected chi connectivity index (χ1v) is 10.0. The van der Waals surface area contributed by atoms with Crippen LogP contribution < -0.4 is 0 Å². The summed E-state index contributed by atoms with van der Waals surface area (Å²) >= 11 is 0. The topological polar surface area (TPSA) is 21.8 Å². The number of epoxide rings is 1. The van der Waals surface area contributed by atoms with Gasteiger partial charge < -0.3 is 9.47 Å². The van der Waals surface area contributed by atoms with Crippen LogP contribution in [0.3, 0.4) is 0 Å². The maximum atomic E-state index is 5.42. The highest BCUT2D eigenvalue weighted by Gasteiger charge is 2.21. The molecule has 2 heteroatoms. The Morgan fingerprint density at radius 2 is 1.13 bits per heavy atom. The van der Waals surface area contributed by atoms with Crippen LogP contribution in [-0.4, -0.2) is 19.3 Å². The minimum atomic E-state index is 0.369. The molecule has 0 aromatic heterocycles. The standard InChI is InChI=1S/C10H12O2.C10H10.C8H8/c1-2-4-9(5-3-1)6-11-7-10-8-12-10;1-3-9-5-7-10(4-2)8-6-9;1-2-8-6-4-3-5-7-8/h1-5,10H,6-8H2;3-8H,1-2H2;2-7H,1H2. The van der Waals surface area contributed by atoms with Crippen LogP contribution in [-0.2, 0) is 16.1 Å². The fourth-order valence-electron chi connectivity index (χ4n) is 2.40. The van der Waals surface area contributed by atoms with Gasteiger partial charge in [0, 0.05) is 0 Å². The number of ether oxygens (including phenoxy) is 2. The predicted molar refractivity (Wildman–Crippen MR) is 129 cm³/mol. The quantitative estimate of drug-likeness (QED) is 0.404. The van der Waals surface area contributed by atoms with Gasteiger partial charge in [-0.05, 0) is 22.3 Å². The van der Waals surface area contributed by atoms with E-state index in [1.54, 1.807) is 0 Å². The minimum Gasteiger partial charge on any atom is -0.374 e. The SMILES string of the molecule is C=Cc1ccc(C=C)cc1.C=Cc1ccccc1.c1ccc(COCC2CO2)cc1. The zero-order chi connectivity index (χ0) is 21.4. The Hall–Kier alpha value is -3.20. The van der Waals surface area contributed by atoms with Crippen molar-refractivity contribution in [1.29, 1.82) is 0 Å².